The van der Waals surface area contributed by atoms with E-state index in [1.54, 1.807) is 0 Å². The second kappa shape index (κ2) is 3.55. The summed E-state index contributed by atoms with van der Waals surface area (Å²) in [5.74, 6) is 6.25. The van der Waals surface area contributed by atoms with Crippen molar-refractivity contribution >= 4 is 22.5 Å². The zero-order valence-electron chi connectivity index (χ0n) is 6.97. The van der Waals surface area contributed by atoms with Gasteiger partial charge >= 0.3 is 0 Å². The minimum Gasteiger partial charge on any atom is -0.361 e. The van der Waals surface area contributed by atoms with Gasteiger partial charge in [0.05, 0.1) is 5.88 Å². The van der Waals surface area contributed by atoms with E-state index in [2.05, 4.69) is 16.8 Å². The topological polar surface area (TPSA) is 15.8 Å². The van der Waals surface area contributed by atoms with Crippen LogP contribution in [-0.2, 0) is 0 Å². The van der Waals surface area contributed by atoms with Crippen molar-refractivity contribution in [1.29, 1.82) is 0 Å². The molecular weight excluding hydrogens is 182 g/mol. The molecule has 0 bridgehead atoms. The number of halogens is 1. The second-order valence-electron chi connectivity index (χ2n) is 2.68. The molecule has 1 aromatic heterocycles. The molecule has 0 aliphatic carbocycles. The van der Waals surface area contributed by atoms with Crippen LogP contribution >= 0.6 is 11.6 Å². The van der Waals surface area contributed by atoms with Gasteiger partial charge < -0.3 is 4.98 Å². The van der Waals surface area contributed by atoms with Crippen LogP contribution in [0.1, 0.15) is 5.56 Å². The van der Waals surface area contributed by atoms with Gasteiger partial charge in [0.1, 0.15) is 0 Å². The van der Waals surface area contributed by atoms with Crippen molar-refractivity contribution in [2.75, 3.05) is 5.88 Å². The molecule has 0 spiro atoms. The molecule has 1 heterocycles. The molecule has 0 unspecified atom stereocenters. The van der Waals surface area contributed by atoms with Crippen LogP contribution in [0.25, 0.3) is 10.9 Å². The van der Waals surface area contributed by atoms with E-state index in [1.165, 1.54) is 0 Å². The van der Waals surface area contributed by atoms with Crippen molar-refractivity contribution in [2.45, 2.75) is 0 Å². The molecular formula is C11H8ClN. The van der Waals surface area contributed by atoms with Gasteiger partial charge in [0, 0.05) is 22.7 Å². The van der Waals surface area contributed by atoms with Crippen molar-refractivity contribution in [3.8, 4) is 11.8 Å². The average molecular weight is 190 g/mol. The molecule has 0 saturated heterocycles. The highest BCUT2D eigenvalue weighted by Gasteiger charge is 1.96. The lowest BCUT2D eigenvalue weighted by atomic mass is 10.1. The predicted molar refractivity (Wildman–Crippen MR) is 55.9 cm³/mol. The van der Waals surface area contributed by atoms with Crippen molar-refractivity contribution in [1.82, 2.24) is 4.98 Å². The second-order valence-corrected chi connectivity index (χ2v) is 2.95. The van der Waals surface area contributed by atoms with Gasteiger partial charge in [-0.15, -0.1) is 11.6 Å². The molecule has 1 nitrogen and oxygen atoms in total. The fourth-order valence-electron chi connectivity index (χ4n) is 1.32. The Hall–Kier alpha value is -1.39. The summed E-state index contributed by atoms with van der Waals surface area (Å²) < 4.78 is 0. The Labute approximate surface area is 81.7 Å². The number of fused-ring (bicyclic) bond motifs is 1. The van der Waals surface area contributed by atoms with Gasteiger partial charge in [-0.3, -0.25) is 0 Å². The third kappa shape index (κ3) is 1.54. The molecule has 1 N–H and O–H groups in total. The van der Waals surface area contributed by atoms with E-state index >= 15 is 0 Å². The standard InChI is InChI=1S/C11H8ClN/c12-7-2-4-9-3-1-5-11-10(9)6-8-13-11/h1,3,5-6,8,13H,7H2. The molecule has 0 amide bonds. The lowest BCUT2D eigenvalue weighted by Crippen LogP contribution is -1.75. The van der Waals surface area contributed by atoms with Crippen LogP contribution in [0.4, 0.5) is 0 Å². The van der Waals surface area contributed by atoms with Gasteiger partial charge in [-0.25, -0.2) is 0 Å². The van der Waals surface area contributed by atoms with Crippen molar-refractivity contribution in [3.63, 3.8) is 0 Å². The summed E-state index contributed by atoms with van der Waals surface area (Å²) in [6.07, 6.45) is 1.91. The van der Waals surface area contributed by atoms with Gasteiger partial charge in [0.2, 0.25) is 0 Å². The van der Waals surface area contributed by atoms with Gasteiger partial charge in [0.15, 0.2) is 0 Å². The molecule has 13 heavy (non-hydrogen) atoms. The summed E-state index contributed by atoms with van der Waals surface area (Å²) in [6, 6.07) is 8.03. The number of benzene rings is 1. The fraction of sp³-hybridized carbons (Fsp3) is 0.0909. The minimum absolute atomic E-state index is 0.376. The van der Waals surface area contributed by atoms with Crippen LogP contribution in [0.3, 0.4) is 0 Å². The highest BCUT2D eigenvalue weighted by atomic mass is 35.5. The molecule has 0 radical (unpaired) electrons. The molecule has 2 heteroatoms. The average Bonchev–Trinajstić information content (AvgIpc) is 2.62. The van der Waals surface area contributed by atoms with Crippen LogP contribution in [0.2, 0.25) is 0 Å². The number of H-pyrrole nitrogens is 1. The molecule has 0 fully saturated rings. The summed E-state index contributed by atoms with van der Waals surface area (Å²) in [4.78, 5) is 3.14. The number of rotatable bonds is 0. The highest BCUT2D eigenvalue weighted by molar-refractivity contribution is 6.19. The van der Waals surface area contributed by atoms with Gasteiger partial charge in [-0.05, 0) is 18.2 Å². The highest BCUT2D eigenvalue weighted by Crippen LogP contribution is 2.15. The minimum atomic E-state index is 0.376. The lowest BCUT2D eigenvalue weighted by Gasteiger charge is -1.92. The first-order valence-electron chi connectivity index (χ1n) is 4.03. The molecule has 64 valence electrons. The normalized spacial score (nSPS) is 9.62. The first-order chi connectivity index (χ1) is 6.42. The Morgan fingerprint density at radius 3 is 3.08 bits per heavy atom. The summed E-state index contributed by atoms with van der Waals surface area (Å²) in [7, 11) is 0. The smallest absolute Gasteiger partial charge is 0.0839 e. The number of alkyl halides is 1. The monoisotopic (exact) mass is 189 g/mol. The van der Waals surface area contributed by atoms with E-state index in [0.717, 1.165) is 16.5 Å². The molecule has 0 atom stereocenters. The van der Waals surface area contributed by atoms with Crippen molar-refractivity contribution in [3.05, 3.63) is 36.0 Å². The van der Waals surface area contributed by atoms with Crippen LogP contribution in [0, 0.1) is 11.8 Å². The van der Waals surface area contributed by atoms with E-state index in [1.807, 2.05) is 30.5 Å². The molecule has 2 rings (SSSR count). The molecule has 2 aromatic rings. The number of aromatic nitrogens is 1. The molecule has 0 aliphatic rings. The third-order valence-electron chi connectivity index (χ3n) is 1.88. The van der Waals surface area contributed by atoms with Gasteiger partial charge in [-0.1, -0.05) is 17.9 Å². The summed E-state index contributed by atoms with van der Waals surface area (Å²) in [6.45, 7) is 0. The van der Waals surface area contributed by atoms with E-state index in [4.69, 9.17) is 11.6 Å². The van der Waals surface area contributed by atoms with Crippen LogP contribution in [0.5, 0.6) is 0 Å². The third-order valence-corrected chi connectivity index (χ3v) is 2.02. The van der Waals surface area contributed by atoms with Crippen LogP contribution < -0.4 is 0 Å². The lowest BCUT2D eigenvalue weighted by molar-refractivity contribution is 1.48. The zero-order valence-corrected chi connectivity index (χ0v) is 7.73. The molecule has 0 aliphatic heterocycles. The Morgan fingerprint density at radius 1 is 1.31 bits per heavy atom. The number of nitrogens with one attached hydrogen (secondary N) is 1. The van der Waals surface area contributed by atoms with E-state index in [9.17, 15) is 0 Å². The first-order valence-corrected chi connectivity index (χ1v) is 4.56. The Balaban J connectivity index is 2.61. The van der Waals surface area contributed by atoms with Crippen LogP contribution in [0.15, 0.2) is 30.5 Å². The maximum atomic E-state index is 5.50. The van der Waals surface area contributed by atoms with Crippen LogP contribution in [-0.4, -0.2) is 10.9 Å². The summed E-state index contributed by atoms with van der Waals surface area (Å²) in [5, 5.41) is 1.15. The maximum Gasteiger partial charge on any atom is 0.0839 e. The first kappa shape index (κ1) is 8.22. The number of hydrogen-bond donors (Lipinski definition) is 1. The fourth-order valence-corrected chi connectivity index (χ4v) is 1.39. The van der Waals surface area contributed by atoms with Crippen molar-refractivity contribution in [2.24, 2.45) is 0 Å². The van der Waals surface area contributed by atoms with E-state index in [-0.39, 0.29) is 0 Å². The quantitative estimate of drug-likeness (QED) is 0.485. The molecule has 0 saturated carbocycles. The van der Waals surface area contributed by atoms with E-state index in [0.29, 0.717) is 5.88 Å². The van der Waals surface area contributed by atoms with Gasteiger partial charge in [-0.2, -0.15) is 0 Å². The zero-order chi connectivity index (χ0) is 9.10. The Kier molecular flexibility index (Phi) is 2.25. The SMILES string of the molecule is ClCC#Cc1cccc2[nH]ccc12. The van der Waals surface area contributed by atoms with Gasteiger partial charge in [0.25, 0.3) is 0 Å². The Bertz CT molecular complexity index is 473. The number of hydrogen-bond acceptors (Lipinski definition) is 0. The number of aromatic amines is 1. The molecule has 1 aromatic carbocycles. The predicted octanol–water partition coefficient (Wildman–Crippen LogP) is 2.76. The van der Waals surface area contributed by atoms with Crippen molar-refractivity contribution < 1.29 is 0 Å². The largest absolute Gasteiger partial charge is 0.361 e. The Morgan fingerprint density at radius 2 is 2.23 bits per heavy atom. The van der Waals surface area contributed by atoms with E-state index < -0.39 is 0 Å². The summed E-state index contributed by atoms with van der Waals surface area (Å²) in [5.41, 5.74) is 2.14. The maximum absolute atomic E-state index is 5.50. The summed E-state index contributed by atoms with van der Waals surface area (Å²) >= 11 is 5.50.